The number of carbonyl (C=O) groups is 1. The fourth-order valence-electron chi connectivity index (χ4n) is 1.84. The largest absolute Gasteiger partial charge is 0.355 e. The Bertz CT molecular complexity index is 651. The van der Waals surface area contributed by atoms with Gasteiger partial charge in [-0.25, -0.2) is 17.2 Å². The summed E-state index contributed by atoms with van der Waals surface area (Å²) >= 11 is 0. The Morgan fingerprint density at radius 3 is 2.35 bits per heavy atom. The molecule has 0 aliphatic rings. The molecule has 1 amide bonds. The number of benzene rings is 1. The van der Waals surface area contributed by atoms with E-state index in [1.165, 1.54) is 0 Å². The molecule has 0 aromatic heterocycles. The van der Waals surface area contributed by atoms with Crippen molar-refractivity contribution in [3.05, 3.63) is 29.8 Å². The third kappa shape index (κ3) is 6.49. The van der Waals surface area contributed by atoms with E-state index in [2.05, 4.69) is 5.32 Å². The smallest absolute Gasteiger partial charge is 0.232 e. The van der Waals surface area contributed by atoms with Crippen molar-refractivity contribution in [2.24, 2.45) is 0 Å². The third-order valence-corrected chi connectivity index (χ3v) is 4.21. The molecule has 0 radical (unpaired) electrons. The van der Waals surface area contributed by atoms with E-state index in [9.17, 15) is 22.0 Å². The Labute approximate surface area is 135 Å². The van der Waals surface area contributed by atoms with Crippen molar-refractivity contribution < 1.29 is 22.0 Å². The lowest BCUT2D eigenvalue weighted by molar-refractivity contribution is -0.120. The van der Waals surface area contributed by atoms with Gasteiger partial charge in [-0.1, -0.05) is 0 Å². The van der Waals surface area contributed by atoms with Crippen LogP contribution in [0.5, 0.6) is 0 Å². The number of hydrogen-bond donors (Lipinski definition) is 1. The van der Waals surface area contributed by atoms with Gasteiger partial charge in [0.1, 0.15) is 0 Å². The van der Waals surface area contributed by atoms with Crippen LogP contribution in [-0.2, 0) is 14.8 Å². The zero-order valence-electron chi connectivity index (χ0n) is 13.3. The highest BCUT2D eigenvalue weighted by Crippen LogP contribution is 2.20. The third-order valence-electron chi connectivity index (χ3n) is 3.01. The van der Waals surface area contributed by atoms with E-state index in [1.54, 1.807) is 0 Å². The monoisotopic (exact) mass is 349 g/mol. The standard InChI is InChI=1S/C14H21F2N3O3S/c1-18(2)9-7-17-14(20)6-8-19(23(3,21)22)11-4-5-12(15)13(16)10-11/h4-5,10H,6-9H2,1-3H3,(H,17,20). The Hall–Kier alpha value is -1.74. The molecule has 0 spiro atoms. The van der Waals surface area contributed by atoms with E-state index in [-0.39, 0.29) is 24.6 Å². The Morgan fingerprint density at radius 2 is 1.83 bits per heavy atom. The topological polar surface area (TPSA) is 69.7 Å². The lowest BCUT2D eigenvalue weighted by Gasteiger charge is -2.22. The van der Waals surface area contributed by atoms with E-state index in [0.717, 1.165) is 28.8 Å². The predicted molar refractivity (Wildman–Crippen MR) is 84.7 cm³/mol. The molecular formula is C14H21F2N3O3S. The number of hydrogen-bond acceptors (Lipinski definition) is 4. The van der Waals surface area contributed by atoms with Gasteiger partial charge >= 0.3 is 0 Å². The van der Waals surface area contributed by atoms with Crippen molar-refractivity contribution in [1.82, 2.24) is 10.2 Å². The fraction of sp³-hybridized carbons (Fsp3) is 0.500. The van der Waals surface area contributed by atoms with E-state index in [1.807, 2.05) is 19.0 Å². The summed E-state index contributed by atoms with van der Waals surface area (Å²) in [5.41, 5.74) is -0.0208. The Morgan fingerprint density at radius 1 is 1.17 bits per heavy atom. The highest BCUT2D eigenvalue weighted by molar-refractivity contribution is 7.92. The van der Waals surface area contributed by atoms with Gasteiger partial charge in [-0.3, -0.25) is 9.10 Å². The van der Waals surface area contributed by atoms with Crippen molar-refractivity contribution in [1.29, 1.82) is 0 Å². The van der Waals surface area contributed by atoms with Crippen LogP contribution in [0.2, 0.25) is 0 Å². The van der Waals surface area contributed by atoms with Gasteiger partial charge in [-0.05, 0) is 26.2 Å². The summed E-state index contributed by atoms with van der Waals surface area (Å²) in [6.07, 6.45) is 0.859. The first-order chi connectivity index (χ1) is 10.6. The number of likely N-dealkylation sites (N-methyl/N-ethyl adjacent to an activating group) is 1. The van der Waals surface area contributed by atoms with Crippen molar-refractivity contribution >= 4 is 21.6 Å². The van der Waals surface area contributed by atoms with Gasteiger partial charge in [-0.2, -0.15) is 0 Å². The van der Waals surface area contributed by atoms with Crippen molar-refractivity contribution in [3.8, 4) is 0 Å². The number of halogens is 2. The summed E-state index contributed by atoms with van der Waals surface area (Å²) in [6, 6.07) is 2.80. The molecule has 0 atom stereocenters. The maximum atomic E-state index is 13.3. The van der Waals surface area contributed by atoms with Gasteiger partial charge < -0.3 is 10.2 Å². The average molecular weight is 349 g/mol. The summed E-state index contributed by atoms with van der Waals surface area (Å²) in [4.78, 5) is 13.6. The molecular weight excluding hydrogens is 328 g/mol. The molecule has 23 heavy (non-hydrogen) atoms. The fourth-order valence-corrected chi connectivity index (χ4v) is 2.76. The normalized spacial score (nSPS) is 11.6. The minimum Gasteiger partial charge on any atom is -0.355 e. The van der Waals surface area contributed by atoms with E-state index in [4.69, 9.17) is 0 Å². The van der Waals surface area contributed by atoms with E-state index >= 15 is 0 Å². The van der Waals surface area contributed by atoms with Gasteiger partial charge in [0.2, 0.25) is 15.9 Å². The van der Waals surface area contributed by atoms with Gasteiger partial charge in [0.15, 0.2) is 11.6 Å². The molecule has 0 aliphatic heterocycles. The molecule has 0 saturated heterocycles. The van der Waals surface area contributed by atoms with Crippen LogP contribution >= 0.6 is 0 Å². The first-order valence-electron chi connectivity index (χ1n) is 6.95. The molecule has 0 saturated carbocycles. The first-order valence-corrected chi connectivity index (χ1v) is 8.80. The number of nitrogens with one attached hydrogen (secondary N) is 1. The lowest BCUT2D eigenvalue weighted by Crippen LogP contribution is -2.36. The van der Waals surface area contributed by atoms with Crippen LogP contribution in [0.15, 0.2) is 18.2 Å². The van der Waals surface area contributed by atoms with E-state index < -0.39 is 21.7 Å². The van der Waals surface area contributed by atoms with Crippen LogP contribution < -0.4 is 9.62 Å². The molecule has 1 aromatic rings. The van der Waals surface area contributed by atoms with Crippen molar-refractivity contribution in [2.75, 3.05) is 44.3 Å². The van der Waals surface area contributed by atoms with Gasteiger partial charge in [-0.15, -0.1) is 0 Å². The summed E-state index contributed by atoms with van der Waals surface area (Å²) in [6.45, 7) is 0.943. The summed E-state index contributed by atoms with van der Waals surface area (Å²) < 4.78 is 50.8. The van der Waals surface area contributed by atoms with Crippen LogP contribution in [0.25, 0.3) is 0 Å². The average Bonchev–Trinajstić information content (AvgIpc) is 2.41. The molecule has 6 nitrogen and oxygen atoms in total. The maximum absolute atomic E-state index is 13.3. The summed E-state index contributed by atoms with van der Waals surface area (Å²) in [5.74, 6) is -2.53. The van der Waals surface area contributed by atoms with Gasteiger partial charge in [0.25, 0.3) is 0 Å². The summed E-state index contributed by atoms with van der Waals surface area (Å²) in [5, 5.41) is 2.66. The van der Waals surface area contributed by atoms with Crippen LogP contribution in [-0.4, -0.2) is 59.2 Å². The molecule has 9 heteroatoms. The lowest BCUT2D eigenvalue weighted by atomic mass is 10.3. The minimum atomic E-state index is -3.72. The minimum absolute atomic E-state index is 0.0208. The number of amides is 1. The summed E-state index contributed by atoms with van der Waals surface area (Å²) in [7, 11) is 0.00227. The number of carbonyl (C=O) groups excluding carboxylic acids is 1. The number of sulfonamides is 1. The second-order valence-corrected chi connectivity index (χ2v) is 7.24. The van der Waals surface area contributed by atoms with Crippen LogP contribution in [0, 0.1) is 11.6 Å². The maximum Gasteiger partial charge on any atom is 0.232 e. The molecule has 0 unspecified atom stereocenters. The zero-order valence-corrected chi connectivity index (χ0v) is 14.2. The molecule has 1 aromatic carbocycles. The molecule has 0 heterocycles. The first kappa shape index (κ1) is 19.3. The van der Waals surface area contributed by atoms with E-state index in [0.29, 0.717) is 13.1 Å². The Balaban J connectivity index is 2.73. The van der Waals surface area contributed by atoms with Gasteiger partial charge in [0, 0.05) is 32.1 Å². The predicted octanol–water partition coefficient (Wildman–Crippen LogP) is 0.799. The van der Waals surface area contributed by atoms with Crippen LogP contribution in [0.4, 0.5) is 14.5 Å². The second-order valence-electron chi connectivity index (χ2n) is 5.34. The second kappa shape index (κ2) is 8.21. The molecule has 1 rings (SSSR count). The zero-order chi connectivity index (χ0) is 17.6. The molecule has 130 valence electrons. The molecule has 0 fully saturated rings. The van der Waals surface area contributed by atoms with Crippen LogP contribution in [0.1, 0.15) is 6.42 Å². The molecule has 1 N–H and O–H groups in total. The SMILES string of the molecule is CN(C)CCNC(=O)CCN(c1ccc(F)c(F)c1)S(C)(=O)=O. The quantitative estimate of drug-likeness (QED) is 0.754. The van der Waals surface area contributed by atoms with Crippen molar-refractivity contribution in [3.63, 3.8) is 0 Å². The molecule has 0 aliphatic carbocycles. The number of nitrogens with zero attached hydrogens (tertiary/aromatic N) is 2. The number of rotatable bonds is 8. The van der Waals surface area contributed by atoms with Gasteiger partial charge in [0.05, 0.1) is 11.9 Å². The number of anilines is 1. The Kier molecular flexibility index (Phi) is 6.89. The van der Waals surface area contributed by atoms with Crippen molar-refractivity contribution in [2.45, 2.75) is 6.42 Å². The van der Waals surface area contributed by atoms with Crippen LogP contribution in [0.3, 0.4) is 0 Å². The highest BCUT2D eigenvalue weighted by atomic mass is 32.2. The highest BCUT2D eigenvalue weighted by Gasteiger charge is 2.20. The molecule has 0 bridgehead atoms.